The third-order valence-electron chi connectivity index (χ3n) is 9.48. The summed E-state index contributed by atoms with van der Waals surface area (Å²) in [7, 11) is 0. The molecule has 0 radical (unpaired) electrons. The smallest absolute Gasteiger partial charge is 0.200 e. The molecule has 8 aromatic rings. The van der Waals surface area contributed by atoms with Crippen LogP contribution in [0.1, 0.15) is 19.5 Å². The lowest BCUT2D eigenvalue weighted by Gasteiger charge is -2.13. The van der Waals surface area contributed by atoms with E-state index in [1.165, 1.54) is 0 Å². The van der Waals surface area contributed by atoms with E-state index >= 15 is 35.1 Å². The molecule has 0 aliphatic carbocycles. The highest BCUT2D eigenvalue weighted by atomic mass is 32.1. The molecule has 340 valence electrons. The highest BCUT2D eigenvalue weighted by molar-refractivity contribution is 7.21. The van der Waals surface area contributed by atoms with Crippen molar-refractivity contribution in [2.75, 3.05) is 0 Å². The van der Waals surface area contributed by atoms with E-state index in [9.17, 15) is 52.7 Å². The molecule has 4 heterocycles. The highest BCUT2D eigenvalue weighted by Gasteiger charge is 2.34. The number of halogens is 20. The van der Waals surface area contributed by atoms with Gasteiger partial charge in [0, 0.05) is 50.2 Å². The van der Waals surface area contributed by atoms with E-state index in [0.29, 0.717) is 0 Å². The van der Waals surface area contributed by atoms with Crippen LogP contribution in [0.4, 0.5) is 87.8 Å². The Balaban J connectivity index is 1.48. The molecule has 0 fully saturated rings. The molecule has 0 aliphatic rings. The van der Waals surface area contributed by atoms with Crippen molar-refractivity contribution >= 4 is 56.5 Å². The summed E-state index contributed by atoms with van der Waals surface area (Å²) >= 11 is 0.746. The van der Waals surface area contributed by atoms with Crippen molar-refractivity contribution in [2.24, 2.45) is 0 Å². The van der Waals surface area contributed by atoms with Crippen LogP contribution in [0.25, 0.3) is 52.9 Å². The van der Waals surface area contributed by atoms with Gasteiger partial charge in [0.1, 0.15) is 0 Å². The normalized spacial score (nSPS) is 11.6. The van der Waals surface area contributed by atoms with Crippen molar-refractivity contribution in [1.82, 2.24) is 0 Å². The minimum atomic E-state index is -2.56. The summed E-state index contributed by atoms with van der Waals surface area (Å²) in [6, 6.07) is 6.78. The van der Waals surface area contributed by atoms with Crippen LogP contribution < -0.4 is 0 Å². The molecule has 0 spiro atoms. The second-order valence-corrected chi connectivity index (χ2v) is 17.5. The monoisotopic (exact) mass is 1020 g/mol. The molecule has 4 aromatic heterocycles. The Bertz CT molecular complexity index is 2830. The first kappa shape index (κ1) is 46.5. The molecule has 0 aliphatic heterocycles. The minimum Gasteiger partial charge on any atom is -0.203 e. The maximum absolute atomic E-state index is 15.1. The van der Waals surface area contributed by atoms with Gasteiger partial charge in [0.05, 0.1) is 22.3 Å². The van der Waals surface area contributed by atoms with Gasteiger partial charge in [0.25, 0.3) is 0 Å². The molecule has 0 bridgehead atoms. The molecule has 0 saturated carbocycles. The number of hydrogen-bond acceptors (Lipinski definition) is 4. The van der Waals surface area contributed by atoms with E-state index in [1.807, 2.05) is 0 Å². The second-order valence-electron chi connectivity index (χ2n) is 13.2. The summed E-state index contributed by atoms with van der Waals surface area (Å²) in [5.41, 5.74) is -7.05. The average Bonchev–Trinajstić information content (AvgIpc) is 4.15. The molecule has 66 heavy (non-hydrogen) atoms. The molecule has 0 atom stereocenters. The van der Waals surface area contributed by atoms with E-state index < -0.39 is 189 Å². The summed E-state index contributed by atoms with van der Waals surface area (Å²) in [6.45, 7) is 0. The van der Waals surface area contributed by atoms with Crippen LogP contribution in [-0.4, -0.2) is 0 Å². The summed E-state index contributed by atoms with van der Waals surface area (Å²) < 4.78 is 292. The predicted molar refractivity (Wildman–Crippen MR) is 203 cm³/mol. The Morgan fingerprint density at radius 1 is 0.197 bits per heavy atom. The first-order valence-corrected chi connectivity index (χ1v) is 20.6. The Morgan fingerprint density at radius 3 is 0.485 bits per heavy atom. The van der Waals surface area contributed by atoms with Gasteiger partial charge in [-0.05, 0) is 48.5 Å². The summed E-state index contributed by atoms with van der Waals surface area (Å²) in [6.07, 6.45) is 0. The van der Waals surface area contributed by atoms with Crippen LogP contribution in [0.3, 0.4) is 0 Å². The number of thiophene rings is 4. The topological polar surface area (TPSA) is 0 Å². The molecule has 8 rings (SSSR count). The molecule has 0 nitrogen and oxygen atoms in total. The van der Waals surface area contributed by atoms with Crippen LogP contribution in [0.5, 0.6) is 0 Å². The Labute approximate surface area is 369 Å². The van der Waals surface area contributed by atoms with Crippen molar-refractivity contribution in [3.8, 4) is 41.8 Å². The van der Waals surface area contributed by atoms with Gasteiger partial charge in [-0.1, -0.05) is 0 Å². The maximum Gasteiger partial charge on any atom is 0.200 e. The fourth-order valence-corrected chi connectivity index (χ4v) is 11.0. The van der Waals surface area contributed by atoms with Crippen molar-refractivity contribution in [2.45, 2.75) is 0 Å². The molecule has 0 amide bonds. The van der Waals surface area contributed by atoms with Gasteiger partial charge in [-0.3, -0.25) is 0 Å². The van der Waals surface area contributed by atoms with Crippen LogP contribution >= 0.6 is 45.3 Å². The largest absolute Gasteiger partial charge is 0.203 e. The standard InChI is InChI=1S/C42H8F20S4/c43-23-19(24(44)32(52)39(59)31(23)51)13-5-1-9(63-13)17(10-2-6-14(64-10)20-25(45)33(53)40(60)34(54)26(20)46)18(11-3-7-15(65-11)21-27(47)35(55)41(61)36(56)28(21)48)12-4-8-16(66-12)22-29(49)37(57)42(62)38(58)30(22)50/h1-8H. The fraction of sp³-hybridized carbons (Fsp3) is 0. The first-order valence-electron chi connectivity index (χ1n) is 17.3. The van der Waals surface area contributed by atoms with Crippen LogP contribution in [0, 0.1) is 116 Å². The lowest BCUT2D eigenvalue weighted by Crippen LogP contribution is -2.03. The fourth-order valence-electron chi connectivity index (χ4n) is 6.45. The van der Waals surface area contributed by atoms with E-state index in [2.05, 4.69) is 0 Å². The minimum absolute atomic E-state index is 0.186. The van der Waals surface area contributed by atoms with Gasteiger partial charge in [-0.2, -0.15) is 0 Å². The molecule has 0 saturated heterocycles. The number of hydrogen-bond donors (Lipinski definition) is 0. The number of rotatable bonds is 8. The summed E-state index contributed by atoms with van der Waals surface area (Å²) in [4.78, 5) is -4.61. The van der Waals surface area contributed by atoms with E-state index in [4.69, 9.17) is 0 Å². The van der Waals surface area contributed by atoms with Gasteiger partial charge < -0.3 is 0 Å². The maximum atomic E-state index is 15.1. The average molecular weight is 1020 g/mol. The zero-order valence-electron chi connectivity index (χ0n) is 30.8. The Hall–Kier alpha value is -5.98. The van der Waals surface area contributed by atoms with Gasteiger partial charge in [-0.15, -0.1) is 45.3 Å². The van der Waals surface area contributed by atoms with Gasteiger partial charge in [0.2, 0.25) is 23.3 Å². The van der Waals surface area contributed by atoms with Crippen molar-refractivity contribution in [3.05, 3.63) is 184 Å². The molecule has 24 heteroatoms. The van der Waals surface area contributed by atoms with Crippen molar-refractivity contribution in [3.63, 3.8) is 0 Å². The van der Waals surface area contributed by atoms with Crippen LogP contribution in [0.15, 0.2) is 48.5 Å². The summed E-state index contributed by atoms with van der Waals surface area (Å²) in [5.74, 6) is -48.3. The molecule has 0 N–H and O–H groups in total. The van der Waals surface area contributed by atoms with Gasteiger partial charge in [-0.25, -0.2) is 87.8 Å². The second kappa shape index (κ2) is 17.0. The summed E-state index contributed by atoms with van der Waals surface area (Å²) in [5, 5.41) is 0. The van der Waals surface area contributed by atoms with Crippen LogP contribution in [-0.2, 0) is 0 Å². The lowest BCUT2D eigenvalue weighted by atomic mass is 10.0. The van der Waals surface area contributed by atoms with E-state index in [1.54, 1.807) is 0 Å². The zero-order valence-corrected chi connectivity index (χ0v) is 34.1. The Kier molecular flexibility index (Phi) is 12.0. The molecular weight excluding hydrogens is 1010 g/mol. The number of benzene rings is 4. The first-order chi connectivity index (χ1) is 31.1. The molecular formula is C42H8F20S4. The van der Waals surface area contributed by atoms with Gasteiger partial charge >= 0.3 is 0 Å². The predicted octanol–water partition coefficient (Wildman–Crippen LogP) is 16.4. The van der Waals surface area contributed by atoms with E-state index in [0.717, 1.165) is 48.5 Å². The van der Waals surface area contributed by atoms with Crippen molar-refractivity contribution in [1.29, 1.82) is 0 Å². The van der Waals surface area contributed by atoms with E-state index in [-0.39, 0.29) is 45.3 Å². The lowest BCUT2D eigenvalue weighted by molar-refractivity contribution is 0.381. The molecule has 0 unspecified atom stereocenters. The van der Waals surface area contributed by atoms with Crippen molar-refractivity contribution < 1.29 is 87.8 Å². The SMILES string of the molecule is Fc1c(F)c(F)c(-c2ccc(C(=C(c3ccc(-c4c(F)c(F)c(F)c(F)c4F)s3)c3ccc(-c4c(F)c(F)c(F)c(F)c4F)s3)c3ccc(-c4c(F)c(F)c(F)c(F)c4F)s3)s2)c(F)c1F. The molecule has 4 aromatic carbocycles. The Morgan fingerprint density at radius 2 is 0.333 bits per heavy atom. The third-order valence-corrected chi connectivity index (χ3v) is 14.0. The zero-order chi connectivity index (χ0) is 48.1. The third kappa shape index (κ3) is 7.19. The van der Waals surface area contributed by atoms with Gasteiger partial charge in [0.15, 0.2) is 93.1 Å². The quantitative estimate of drug-likeness (QED) is 0.0808. The van der Waals surface area contributed by atoms with Crippen LogP contribution in [0.2, 0.25) is 0 Å². The highest BCUT2D eigenvalue weighted by Crippen LogP contribution is 2.51.